The average molecular weight is 531 g/mol. The Bertz CT molecular complexity index is 1610. The third kappa shape index (κ3) is 5.66. The third-order valence-corrected chi connectivity index (χ3v) is 8.29. The van der Waals surface area contributed by atoms with Crippen LogP contribution in [-0.4, -0.2) is 58.0 Å². The van der Waals surface area contributed by atoms with E-state index in [1.54, 1.807) is 0 Å². The summed E-state index contributed by atoms with van der Waals surface area (Å²) in [5.74, 6) is 1.33. The van der Waals surface area contributed by atoms with Gasteiger partial charge in [-0.3, -0.25) is 9.69 Å². The molecular weight excluding hydrogens is 492 g/mol. The van der Waals surface area contributed by atoms with Crippen molar-refractivity contribution in [2.45, 2.75) is 39.2 Å². The van der Waals surface area contributed by atoms with Crippen molar-refractivity contribution in [3.63, 3.8) is 0 Å². The number of hydrogen-bond donors (Lipinski definition) is 0. The van der Waals surface area contributed by atoms with Gasteiger partial charge in [-0.1, -0.05) is 86.1 Å². The Hall–Kier alpha value is -3.96. The Morgan fingerprint density at radius 2 is 1.55 bits per heavy atom. The molecule has 1 aliphatic rings. The zero-order chi connectivity index (χ0) is 27.3. The van der Waals surface area contributed by atoms with Gasteiger partial charge in [-0.15, -0.1) is 0 Å². The molecule has 0 unspecified atom stereocenters. The third-order valence-electron chi connectivity index (χ3n) is 8.29. The molecule has 0 spiro atoms. The highest BCUT2D eigenvalue weighted by atomic mass is 16.2. The molecule has 40 heavy (non-hydrogen) atoms. The topological polar surface area (TPSA) is 41.4 Å². The summed E-state index contributed by atoms with van der Waals surface area (Å²) in [6.07, 6.45) is 6.39. The first-order valence-corrected chi connectivity index (χ1v) is 14.7. The number of benzene rings is 4. The first kappa shape index (κ1) is 26.3. The van der Waals surface area contributed by atoms with E-state index in [1.165, 1.54) is 34.3 Å². The number of carbonyl (C=O) groups excluding carboxylic acids is 1. The van der Waals surface area contributed by atoms with Crippen LogP contribution in [0.1, 0.15) is 47.2 Å². The molecule has 4 aromatic carbocycles. The van der Waals surface area contributed by atoms with E-state index >= 15 is 0 Å². The fourth-order valence-corrected chi connectivity index (χ4v) is 5.93. The highest BCUT2D eigenvalue weighted by Crippen LogP contribution is 2.22. The molecule has 0 radical (unpaired) electrons. The molecule has 1 fully saturated rings. The maximum Gasteiger partial charge on any atom is 0.254 e. The Morgan fingerprint density at radius 3 is 2.38 bits per heavy atom. The lowest BCUT2D eigenvalue weighted by Gasteiger charge is -2.35. The van der Waals surface area contributed by atoms with Crippen LogP contribution in [0.4, 0.5) is 0 Å². The zero-order valence-corrected chi connectivity index (χ0v) is 23.4. The number of imidazole rings is 1. The van der Waals surface area contributed by atoms with Crippen molar-refractivity contribution >= 4 is 27.5 Å². The zero-order valence-electron chi connectivity index (χ0n) is 23.4. The predicted octanol–water partition coefficient (Wildman–Crippen LogP) is 6.58. The summed E-state index contributed by atoms with van der Waals surface area (Å²) in [7, 11) is 0. The van der Waals surface area contributed by atoms with Crippen molar-refractivity contribution < 1.29 is 4.79 Å². The normalized spacial score (nSPS) is 14.3. The van der Waals surface area contributed by atoms with Gasteiger partial charge in [-0.2, -0.15) is 0 Å². The largest absolute Gasteiger partial charge is 0.336 e. The summed E-state index contributed by atoms with van der Waals surface area (Å²) in [6, 6.07) is 29.5. The number of hydrogen-bond acceptors (Lipinski definition) is 3. The van der Waals surface area contributed by atoms with Gasteiger partial charge in [0.2, 0.25) is 0 Å². The van der Waals surface area contributed by atoms with Gasteiger partial charge in [-0.25, -0.2) is 4.98 Å². The molecular formula is C35H38N4O. The van der Waals surface area contributed by atoms with E-state index in [1.807, 2.05) is 29.2 Å². The number of aromatic nitrogens is 2. The van der Waals surface area contributed by atoms with Crippen molar-refractivity contribution in [2.24, 2.45) is 0 Å². The van der Waals surface area contributed by atoms with Gasteiger partial charge in [0.05, 0.1) is 0 Å². The van der Waals surface area contributed by atoms with Gasteiger partial charge in [-0.05, 0) is 45.7 Å². The summed E-state index contributed by atoms with van der Waals surface area (Å²) in [6.45, 7) is 7.40. The Kier molecular flexibility index (Phi) is 7.92. The molecule has 1 amide bonds. The van der Waals surface area contributed by atoms with Gasteiger partial charge in [0.1, 0.15) is 5.82 Å². The predicted molar refractivity (Wildman–Crippen MR) is 164 cm³/mol. The molecule has 0 aliphatic carbocycles. The molecule has 1 aliphatic heterocycles. The maximum atomic E-state index is 13.4. The van der Waals surface area contributed by atoms with Crippen LogP contribution < -0.4 is 0 Å². The fraction of sp³-hybridized carbons (Fsp3) is 0.314. The van der Waals surface area contributed by atoms with E-state index in [-0.39, 0.29) is 5.91 Å². The Morgan fingerprint density at radius 1 is 0.800 bits per heavy atom. The molecule has 0 N–H and O–H groups in total. The van der Waals surface area contributed by atoms with Crippen LogP contribution in [0, 0.1) is 0 Å². The SMILES string of the molecule is CCCCc1ncc(CCN2CCN(C(=O)c3cccc4ccccc34)CC2)n1Cc1ccc2ccccc2c1. The van der Waals surface area contributed by atoms with Crippen molar-refractivity contribution in [1.82, 2.24) is 19.4 Å². The number of unbranched alkanes of at least 4 members (excludes halogenated alkanes) is 1. The smallest absolute Gasteiger partial charge is 0.254 e. The molecule has 1 saturated heterocycles. The van der Waals surface area contributed by atoms with E-state index in [0.29, 0.717) is 0 Å². The molecule has 204 valence electrons. The van der Waals surface area contributed by atoms with Gasteiger partial charge >= 0.3 is 0 Å². The van der Waals surface area contributed by atoms with Crippen LogP contribution >= 0.6 is 0 Å². The minimum atomic E-state index is 0.144. The summed E-state index contributed by atoms with van der Waals surface area (Å²) in [4.78, 5) is 22.8. The van der Waals surface area contributed by atoms with E-state index in [4.69, 9.17) is 4.98 Å². The molecule has 5 heteroatoms. The van der Waals surface area contributed by atoms with Crippen LogP contribution in [0.25, 0.3) is 21.5 Å². The maximum absolute atomic E-state index is 13.4. The Balaban J connectivity index is 1.11. The molecule has 0 bridgehead atoms. The number of nitrogens with zero attached hydrogens (tertiary/aromatic N) is 4. The van der Waals surface area contributed by atoms with Crippen molar-refractivity contribution in [1.29, 1.82) is 0 Å². The number of rotatable bonds is 9. The van der Waals surface area contributed by atoms with Gasteiger partial charge in [0, 0.05) is 69.6 Å². The summed E-state index contributed by atoms with van der Waals surface area (Å²) in [5.41, 5.74) is 3.42. The van der Waals surface area contributed by atoms with Crippen LogP contribution in [0.15, 0.2) is 91.1 Å². The molecule has 5 aromatic rings. The molecule has 1 aromatic heterocycles. The highest BCUT2D eigenvalue weighted by molar-refractivity contribution is 6.07. The minimum Gasteiger partial charge on any atom is -0.336 e. The second-order valence-electron chi connectivity index (χ2n) is 10.9. The first-order chi connectivity index (χ1) is 19.7. The van der Waals surface area contributed by atoms with Crippen molar-refractivity contribution in [3.8, 4) is 0 Å². The van der Waals surface area contributed by atoms with E-state index in [9.17, 15) is 4.79 Å². The summed E-state index contributed by atoms with van der Waals surface area (Å²) < 4.78 is 2.44. The van der Waals surface area contributed by atoms with Gasteiger partial charge in [0.15, 0.2) is 0 Å². The number of fused-ring (bicyclic) bond motifs is 2. The van der Waals surface area contributed by atoms with Crippen molar-refractivity contribution in [2.75, 3.05) is 32.7 Å². The molecule has 2 heterocycles. The average Bonchev–Trinajstić information content (AvgIpc) is 3.39. The van der Waals surface area contributed by atoms with Gasteiger partial charge in [0.25, 0.3) is 5.91 Å². The minimum absolute atomic E-state index is 0.144. The number of aryl methyl sites for hydroxylation is 1. The molecule has 5 nitrogen and oxygen atoms in total. The highest BCUT2D eigenvalue weighted by Gasteiger charge is 2.23. The molecule has 6 rings (SSSR count). The number of amides is 1. The monoisotopic (exact) mass is 530 g/mol. The van der Waals surface area contributed by atoms with Crippen LogP contribution in [-0.2, 0) is 19.4 Å². The Labute approximate surface area is 237 Å². The lowest BCUT2D eigenvalue weighted by atomic mass is 10.0. The van der Waals surface area contributed by atoms with Crippen molar-refractivity contribution in [3.05, 3.63) is 114 Å². The van der Waals surface area contributed by atoms with E-state index in [0.717, 1.165) is 74.9 Å². The van der Waals surface area contributed by atoms with Gasteiger partial charge < -0.3 is 9.47 Å². The quantitative estimate of drug-likeness (QED) is 0.216. The van der Waals surface area contributed by atoms with Crippen LogP contribution in [0.5, 0.6) is 0 Å². The fourth-order valence-electron chi connectivity index (χ4n) is 5.93. The second kappa shape index (κ2) is 12.1. The lowest BCUT2D eigenvalue weighted by molar-refractivity contribution is 0.0640. The molecule has 0 atom stereocenters. The van der Waals surface area contributed by atoms with Crippen LogP contribution in [0.2, 0.25) is 0 Å². The number of carbonyl (C=O) groups is 1. The number of piperazine rings is 1. The lowest BCUT2D eigenvalue weighted by Crippen LogP contribution is -2.49. The summed E-state index contributed by atoms with van der Waals surface area (Å²) in [5, 5.41) is 4.72. The summed E-state index contributed by atoms with van der Waals surface area (Å²) >= 11 is 0. The standard InChI is InChI=1S/C35H38N4O/c1-2-3-15-34-36-25-31(39(34)26-27-16-17-28-9-4-5-11-30(28)24-27)18-19-37-20-22-38(23-21-37)35(40)33-14-8-12-29-10-6-7-13-32(29)33/h4-14,16-17,24-25H,2-3,15,18-23,26H2,1H3. The van der Waals surface area contributed by atoms with Crippen LogP contribution in [0.3, 0.4) is 0 Å². The molecule has 0 saturated carbocycles. The second-order valence-corrected chi connectivity index (χ2v) is 10.9. The first-order valence-electron chi connectivity index (χ1n) is 14.7. The van der Waals surface area contributed by atoms with E-state index < -0.39 is 0 Å². The van der Waals surface area contributed by atoms with E-state index in [2.05, 4.69) is 83.3 Å².